The van der Waals surface area contributed by atoms with Crippen LogP contribution in [0.25, 0.3) is 28.0 Å². The molecule has 8 rings (SSSR count). The third-order valence-electron chi connectivity index (χ3n) is 9.98. The molecule has 0 saturated carbocycles. The number of aromatic nitrogens is 4. The van der Waals surface area contributed by atoms with Crippen LogP contribution >= 0.6 is 0 Å². The van der Waals surface area contributed by atoms with E-state index in [1.807, 2.05) is 42.5 Å². The quantitative estimate of drug-likeness (QED) is 0.131. The van der Waals surface area contributed by atoms with E-state index in [9.17, 15) is 9.59 Å². The number of amides is 1. The van der Waals surface area contributed by atoms with Crippen LogP contribution in [-0.4, -0.2) is 65.4 Å². The van der Waals surface area contributed by atoms with E-state index in [0.717, 1.165) is 49.5 Å². The molecule has 0 unspecified atom stereocenters. The van der Waals surface area contributed by atoms with Gasteiger partial charge < -0.3 is 28.7 Å². The number of rotatable bonds is 13. The van der Waals surface area contributed by atoms with Gasteiger partial charge in [-0.3, -0.25) is 14.5 Å². The molecule has 1 aliphatic rings. The predicted molar refractivity (Wildman–Crippen MR) is 215 cm³/mol. The first-order chi connectivity index (χ1) is 27.9. The van der Waals surface area contributed by atoms with Crippen molar-refractivity contribution in [2.45, 2.75) is 26.0 Å². The van der Waals surface area contributed by atoms with Crippen LogP contribution in [0.3, 0.4) is 0 Å². The van der Waals surface area contributed by atoms with Gasteiger partial charge >= 0.3 is 0 Å². The van der Waals surface area contributed by atoms with E-state index in [1.54, 1.807) is 50.6 Å². The van der Waals surface area contributed by atoms with Gasteiger partial charge in [-0.15, -0.1) is 15.0 Å². The number of methoxy groups -OCH3 is 3. The molecule has 0 radical (unpaired) electrons. The average Bonchev–Trinajstić information content (AvgIpc) is 3.75. The lowest BCUT2D eigenvalue weighted by molar-refractivity contribution is 0.0997. The summed E-state index contributed by atoms with van der Waals surface area (Å²) in [5.41, 5.74) is 6.09. The Kier molecular flexibility index (Phi) is 10.6. The van der Waals surface area contributed by atoms with Gasteiger partial charge in [-0.25, -0.2) is 0 Å². The van der Waals surface area contributed by atoms with Crippen LogP contribution in [0, 0.1) is 0 Å². The maximum absolute atomic E-state index is 13.6. The van der Waals surface area contributed by atoms with Gasteiger partial charge in [0.1, 0.15) is 12.2 Å². The second-order valence-electron chi connectivity index (χ2n) is 13.6. The number of para-hydroxylation sites is 1. The number of tetrazole rings is 1. The van der Waals surface area contributed by atoms with E-state index >= 15 is 0 Å². The third-order valence-corrected chi connectivity index (χ3v) is 9.98. The number of nitrogens with one attached hydrogen (secondary N) is 1. The monoisotopic (exact) mass is 764 g/mol. The molecule has 13 nitrogen and oxygen atoms in total. The minimum absolute atomic E-state index is 0.157. The van der Waals surface area contributed by atoms with Crippen molar-refractivity contribution in [2.75, 3.05) is 39.7 Å². The van der Waals surface area contributed by atoms with Crippen molar-refractivity contribution in [3.8, 4) is 40.1 Å². The Morgan fingerprint density at radius 3 is 2.28 bits per heavy atom. The summed E-state index contributed by atoms with van der Waals surface area (Å²) in [5, 5.41) is 16.7. The van der Waals surface area contributed by atoms with Gasteiger partial charge in [0.15, 0.2) is 34.2 Å². The highest BCUT2D eigenvalue weighted by Crippen LogP contribution is 2.39. The second-order valence-corrected chi connectivity index (χ2v) is 13.6. The Bertz CT molecular complexity index is 2610. The maximum Gasteiger partial charge on any atom is 0.291 e. The summed E-state index contributed by atoms with van der Waals surface area (Å²) in [6, 6.07) is 33.2. The van der Waals surface area contributed by atoms with Crippen LogP contribution in [0.15, 0.2) is 118 Å². The van der Waals surface area contributed by atoms with Crippen LogP contribution in [0.5, 0.6) is 23.0 Å². The van der Waals surface area contributed by atoms with E-state index < -0.39 is 5.91 Å². The molecule has 1 aliphatic heterocycles. The van der Waals surface area contributed by atoms with E-state index in [0.29, 0.717) is 39.4 Å². The minimum Gasteiger partial charge on any atom is -0.493 e. The summed E-state index contributed by atoms with van der Waals surface area (Å²) in [6.45, 7) is 2.99. The molecule has 0 saturated heterocycles. The molecular formula is C44H40N6O7. The van der Waals surface area contributed by atoms with Crippen molar-refractivity contribution < 1.29 is 28.2 Å². The molecule has 0 atom stereocenters. The number of hydrogen-bond acceptors (Lipinski definition) is 11. The molecule has 57 heavy (non-hydrogen) atoms. The Morgan fingerprint density at radius 2 is 1.51 bits per heavy atom. The molecule has 1 amide bonds. The largest absolute Gasteiger partial charge is 0.493 e. The van der Waals surface area contributed by atoms with Gasteiger partial charge in [-0.05, 0) is 82.8 Å². The molecular weight excluding hydrogens is 725 g/mol. The van der Waals surface area contributed by atoms with Gasteiger partial charge in [0, 0.05) is 31.8 Å². The summed E-state index contributed by atoms with van der Waals surface area (Å²) in [4.78, 5) is 30.3. The van der Waals surface area contributed by atoms with Crippen LogP contribution in [0.4, 0.5) is 5.69 Å². The van der Waals surface area contributed by atoms with Crippen LogP contribution < -0.4 is 29.7 Å². The van der Waals surface area contributed by atoms with Crippen molar-refractivity contribution in [1.29, 1.82) is 0 Å². The molecule has 0 bridgehead atoms. The molecule has 288 valence electrons. The summed E-state index contributed by atoms with van der Waals surface area (Å²) in [6.07, 6.45) is 1.83. The maximum atomic E-state index is 13.6. The standard InChI is InChI=1S/C44H40N6O7/c1-53-38-21-30-18-20-49(26-31(30)22-39(38)54-2)19-17-28-13-15-32(16-14-28)50-47-43(46-48-50)34-23-41(56-27-29-9-5-4-6-10-29)40(55-3)24-35(34)45-44(52)42-25-36(51)33-11-7-8-12-37(33)57-42/h4-16,21-25H,17-20,26-27H2,1-3H3,(H,45,52). The fourth-order valence-corrected chi connectivity index (χ4v) is 6.90. The number of carbonyl (C=O) groups excluding carboxylic acids is 1. The first kappa shape index (κ1) is 37.0. The first-order valence-corrected chi connectivity index (χ1v) is 18.5. The fraction of sp³-hybridized carbons (Fsp3) is 0.205. The highest BCUT2D eigenvalue weighted by molar-refractivity contribution is 6.05. The van der Waals surface area contributed by atoms with E-state index in [-0.39, 0.29) is 23.6 Å². The minimum atomic E-state index is -0.643. The second kappa shape index (κ2) is 16.4. The Labute approximate surface area is 328 Å². The highest BCUT2D eigenvalue weighted by Gasteiger charge is 2.22. The topological polar surface area (TPSA) is 143 Å². The zero-order valence-electron chi connectivity index (χ0n) is 31.7. The Hall–Kier alpha value is -6.99. The lowest BCUT2D eigenvalue weighted by Crippen LogP contribution is -2.32. The summed E-state index contributed by atoms with van der Waals surface area (Å²) in [5.74, 6) is 1.71. The number of hydrogen-bond donors (Lipinski definition) is 1. The SMILES string of the molecule is COc1cc2c(cc1OC)CN(CCc1ccc(-n3nnc(-c4cc(OCc5ccccc5)c(OC)cc4NC(=O)c4cc(=O)c5ccccc5o4)n3)cc1)CC2. The Morgan fingerprint density at radius 1 is 0.789 bits per heavy atom. The normalized spacial score (nSPS) is 12.5. The molecule has 5 aromatic carbocycles. The van der Waals surface area contributed by atoms with Crippen LogP contribution in [-0.2, 0) is 26.0 Å². The molecule has 3 heterocycles. The van der Waals surface area contributed by atoms with Crippen molar-refractivity contribution >= 4 is 22.6 Å². The molecule has 1 N–H and O–H groups in total. The molecule has 7 aromatic rings. The number of anilines is 1. The molecule has 2 aromatic heterocycles. The van der Waals surface area contributed by atoms with E-state index in [1.165, 1.54) is 34.7 Å². The van der Waals surface area contributed by atoms with Crippen molar-refractivity contribution in [3.63, 3.8) is 0 Å². The summed E-state index contributed by atoms with van der Waals surface area (Å²) in [7, 11) is 4.84. The van der Waals surface area contributed by atoms with Crippen LogP contribution in [0.1, 0.15) is 32.8 Å². The van der Waals surface area contributed by atoms with Crippen LogP contribution in [0.2, 0.25) is 0 Å². The molecule has 0 aliphatic carbocycles. The lowest BCUT2D eigenvalue weighted by atomic mass is 9.98. The van der Waals surface area contributed by atoms with Gasteiger partial charge in [-0.1, -0.05) is 54.6 Å². The van der Waals surface area contributed by atoms with Gasteiger partial charge in [-0.2, -0.15) is 0 Å². The smallest absolute Gasteiger partial charge is 0.291 e. The number of carbonyl (C=O) groups is 1. The molecule has 13 heteroatoms. The van der Waals surface area contributed by atoms with Crippen molar-refractivity contribution in [3.05, 3.63) is 147 Å². The number of ether oxygens (including phenoxy) is 4. The van der Waals surface area contributed by atoms with Gasteiger partial charge in [0.2, 0.25) is 5.82 Å². The zero-order chi connectivity index (χ0) is 39.3. The number of fused-ring (bicyclic) bond motifs is 2. The van der Waals surface area contributed by atoms with E-state index in [4.69, 9.17) is 28.5 Å². The fourth-order valence-electron chi connectivity index (χ4n) is 6.90. The number of benzene rings is 5. The zero-order valence-corrected chi connectivity index (χ0v) is 31.7. The van der Waals surface area contributed by atoms with E-state index in [2.05, 4.69) is 44.8 Å². The molecule has 0 spiro atoms. The highest BCUT2D eigenvalue weighted by atomic mass is 16.5. The molecule has 0 fully saturated rings. The van der Waals surface area contributed by atoms with Crippen molar-refractivity contribution in [1.82, 2.24) is 25.1 Å². The third kappa shape index (κ3) is 8.05. The lowest BCUT2D eigenvalue weighted by Gasteiger charge is -2.29. The summed E-state index contributed by atoms with van der Waals surface area (Å²) < 4.78 is 28.7. The average molecular weight is 765 g/mol. The first-order valence-electron chi connectivity index (χ1n) is 18.5. The van der Waals surface area contributed by atoms with Gasteiger partial charge in [0.25, 0.3) is 5.91 Å². The predicted octanol–water partition coefficient (Wildman–Crippen LogP) is 6.89. The summed E-state index contributed by atoms with van der Waals surface area (Å²) >= 11 is 0. The van der Waals surface area contributed by atoms with Gasteiger partial charge in [0.05, 0.1) is 43.7 Å². The Balaban J connectivity index is 1.02. The van der Waals surface area contributed by atoms with Crippen molar-refractivity contribution in [2.24, 2.45) is 0 Å². The number of nitrogens with zero attached hydrogens (tertiary/aromatic N) is 5.